The predicted molar refractivity (Wildman–Crippen MR) is 85.5 cm³/mol. The Morgan fingerprint density at radius 3 is 2.21 bits per heavy atom. The van der Waals surface area contributed by atoms with Crippen molar-refractivity contribution in [2.24, 2.45) is 0 Å². The molecule has 154 valence electrons. The Balaban J connectivity index is 0.00000729. The van der Waals surface area contributed by atoms with Gasteiger partial charge in [-0.3, -0.25) is 4.79 Å². The van der Waals surface area contributed by atoms with Crippen molar-refractivity contribution in [2.45, 2.75) is 63.8 Å². The Kier molecular flexibility index (Phi) is 10.8. The summed E-state index contributed by atoms with van der Waals surface area (Å²) >= 11 is 0. The Morgan fingerprint density at radius 1 is 1.25 bits per heavy atom. The SMILES string of the molecule is CC(=O)N[C@H](C1OC(=O)C([O-])=C1C(=O)OC(C)(C)C)[C@@H](O)[C@H](O)[C@H](O)CO.[K+]. The van der Waals surface area contributed by atoms with Crippen molar-refractivity contribution in [1.82, 2.24) is 5.32 Å². The van der Waals surface area contributed by atoms with Crippen LogP contribution < -0.4 is 61.8 Å². The molecule has 28 heavy (non-hydrogen) atoms. The van der Waals surface area contributed by atoms with Gasteiger partial charge in [-0.2, -0.15) is 0 Å². The number of cyclic esters (lactones) is 1. The van der Waals surface area contributed by atoms with Gasteiger partial charge < -0.3 is 40.3 Å². The first kappa shape index (κ1) is 27.4. The number of esters is 2. The smallest absolute Gasteiger partial charge is 0.867 e. The number of nitrogens with one attached hydrogen (secondary N) is 1. The van der Waals surface area contributed by atoms with E-state index in [0.717, 1.165) is 6.92 Å². The number of ether oxygens (including phenoxy) is 2. The summed E-state index contributed by atoms with van der Waals surface area (Å²) in [6.45, 7) is 4.68. The first-order chi connectivity index (χ1) is 12.3. The van der Waals surface area contributed by atoms with Crippen molar-refractivity contribution in [2.75, 3.05) is 6.61 Å². The topological polar surface area (TPSA) is 186 Å². The van der Waals surface area contributed by atoms with Crippen LogP contribution in [0.15, 0.2) is 11.3 Å². The van der Waals surface area contributed by atoms with Gasteiger partial charge >= 0.3 is 63.3 Å². The summed E-state index contributed by atoms with van der Waals surface area (Å²) in [5.41, 5.74) is -1.78. The maximum Gasteiger partial charge on any atom is 1.00 e. The molecule has 11 nitrogen and oxygen atoms in total. The van der Waals surface area contributed by atoms with Crippen LogP contribution in [0.25, 0.3) is 0 Å². The molecule has 0 radical (unpaired) electrons. The summed E-state index contributed by atoms with van der Waals surface area (Å²) in [6, 6.07) is -1.67. The van der Waals surface area contributed by atoms with Gasteiger partial charge in [-0.1, -0.05) is 0 Å². The van der Waals surface area contributed by atoms with E-state index in [0.29, 0.717) is 0 Å². The first-order valence-electron chi connectivity index (χ1n) is 8.07. The molecule has 1 unspecified atom stereocenters. The zero-order valence-electron chi connectivity index (χ0n) is 16.3. The summed E-state index contributed by atoms with van der Waals surface area (Å²) in [5.74, 6) is -4.65. The molecule has 0 bridgehead atoms. The number of aliphatic hydroxyl groups excluding tert-OH is 4. The second-order valence-corrected chi connectivity index (χ2v) is 7.03. The van der Waals surface area contributed by atoms with Gasteiger partial charge in [0.25, 0.3) is 0 Å². The van der Waals surface area contributed by atoms with E-state index in [4.69, 9.17) is 14.6 Å². The van der Waals surface area contributed by atoms with Crippen LogP contribution in [0.2, 0.25) is 0 Å². The van der Waals surface area contributed by atoms with Gasteiger partial charge in [0, 0.05) is 6.92 Å². The summed E-state index contributed by atoms with van der Waals surface area (Å²) in [6.07, 6.45) is -7.55. The first-order valence-corrected chi connectivity index (χ1v) is 8.07. The van der Waals surface area contributed by atoms with Crippen LogP contribution in [0.3, 0.4) is 0 Å². The Bertz CT molecular complexity index is 629. The summed E-state index contributed by atoms with van der Waals surface area (Å²) in [5, 5.41) is 52.8. The predicted octanol–water partition coefficient (Wildman–Crippen LogP) is -6.55. The minimum absolute atomic E-state index is 0. The Labute approximate surface area is 204 Å². The van der Waals surface area contributed by atoms with E-state index in [2.05, 4.69) is 5.32 Å². The average molecular weight is 429 g/mol. The van der Waals surface area contributed by atoms with Gasteiger partial charge in [0.05, 0.1) is 18.2 Å². The van der Waals surface area contributed by atoms with E-state index >= 15 is 0 Å². The third kappa shape index (κ3) is 7.04. The molecular formula is C16H24KNO10. The fourth-order valence-corrected chi connectivity index (χ4v) is 2.38. The quantitative estimate of drug-likeness (QED) is 0.192. The molecule has 0 fully saturated rings. The van der Waals surface area contributed by atoms with Crippen LogP contribution in [0.5, 0.6) is 0 Å². The standard InChI is InChI=1S/C16H25NO10.K/c1-6(19)17-9(12(23)10(21)7(20)5-18)13-8(11(22)15(25)26-13)14(24)27-16(2,3)4;/h7,9-10,12-13,18,20-23H,5H2,1-4H3,(H,17,19);/q;+1/p-1/t7-,9+,10-,12-,13?;/m1./s1. The number of rotatable bonds is 7. The minimum Gasteiger partial charge on any atom is -0.867 e. The largest absolute Gasteiger partial charge is 1.00 e. The molecule has 0 aromatic carbocycles. The Morgan fingerprint density at radius 2 is 1.79 bits per heavy atom. The van der Waals surface area contributed by atoms with E-state index in [9.17, 15) is 34.8 Å². The molecule has 1 aliphatic rings. The van der Waals surface area contributed by atoms with Gasteiger partial charge in [0.15, 0.2) is 6.10 Å². The zero-order valence-corrected chi connectivity index (χ0v) is 19.5. The molecule has 1 amide bonds. The van der Waals surface area contributed by atoms with Crippen LogP contribution in [-0.4, -0.2) is 80.9 Å². The van der Waals surface area contributed by atoms with E-state index < -0.39 is 71.8 Å². The summed E-state index contributed by atoms with van der Waals surface area (Å²) < 4.78 is 9.87. The molecule has 0 saturated heterocycles. The molecule has 5 atom stereocenters. The van der Waals surface area contributed by atoms with E-state index in [1.807, 2.05) is 0 Å². The van der Waals surface area contributed by atoms with Crippen LogP contribution in [0, 0.1) is 0 Å². The van der Waals surface area contributed by atoms with Gasteiger partial charge in [-0.25, -0.2) is 9.59 Å². The second kappa shape index (κ2) is 11.0. The fourth-order valence-electron chi connectivity index (χ4n) is 2.38. The van der Waals surface area contributed by atoms with Crippen LogP contribution in [-0.2, 0) is 23.9 Å². The number of carbonyl (C=O) groups excluding carboxylic acids is 3. The molecule has 1 heterocycles. The second-order valence-electron chi connectivity index (χ2n) is 7.03. The molecule has 1 rings (SSSR count). The number of aliphatic hydroxyl groups is 4. The van der Waals surface area contributed by atoms with Crippen LogP contribution in [0.1, 0.15) is 27.7 Å². The van der Waals surface area contributed by atoms with Gasteiger partial charge in [0.1, 0.15) is 23.9 Å². The summed E-state index contributed by atoms with van der Waals surface area (Å²) in [4.78, 5) is 35.5. The third-order valence-corrected chi connectivity index (χ3v) is 3.56. The van der Waals surface area contributed by atoms with Gasteiger partial charge in [-0.05, 0) is 26.5 Å². The maximum absolute atomic E-state index is 12.3. The third-order valence-electron chi connectivity index (χ3n) is 3.56. The van der Waals surface area contributed by atoms with Crippen molar-refractivity contribution in [3.8, 4) is 0 Å². The molecular weight excluding hydrogens is 405 g/mol. The van der Waals surface area contributed by atoms with E-state index in [1.165, 1.54) is 20.8 Å². The maximum atomic E-state index is 12.3. The average Bonchev–Trinajstić information content (AvgIpc) is 2.83. The molecule has 5 N–H and O–H groups in total. The molecule has 0 spiro atoms. The molecule has 0 aliphatic carbocycles. The normalized spacial score (nSPS) is 21.1. The van der Waals surface area contributed by atoms with Crippen molar-refractivity contribution in [3.63, 3.8) is 0 Å². The van der Waals surface area contributed by atoms with Crippen LogP contribution in [0.4, 0.5) is 0 Å². The number of amides is 1. The van der Waals surface area contributed by atoms with Gasteiger partial charge in [0.2, 0.25) is 5.91 Å². The molecule has 0 aromatic heterocycles. The monoisotopic (exact) mass is 429 g/mol. The van der Waals surface area contributed by atoms with E-state index in [-0.39, 0.29) is 51.4 Å². The number of hydrogen-bond donors (Lipinski definition) is 5. The van der Waals surface area contributed by atoms with Crippen molar-refractivity contribution in [1.29, 1.82) is 0 Å². The van der Waals surface area contributed by atoms with Crippen molar-refractivity contribution >= 4 is 17.8 Å². The molecule has 12 heteroatoms. The molecule has 0 aromatic rings. The van der Waals surface area contributed by atoms with Crippen molar-refractivity contribution in [3.05, 3.63) is 11.3 Å². The number of carbonyl (C=O) groups is 3. The van der Waals surface area contributed by atoms with Crippen molar-refractivity contribution < 1.29 is 101 Å². The fraction of sp³-hybridized carbons (Fsp3) is 0.688. The summed E-state index contributed by atoms with van der Waals surface area (Å²) in [7, 11) is 0. The van der Waals surface area contributed by atoms with E-state index in [1.54, 1.807) is 0 Å². The van der Waals surface area contributed by atoms with Gasteiger partial charge in [-0.15, -0.1) is 0 Å². The number of hydrogen-bond acceptors (Lipinski definition) is 10. The van der Waals surface area contributed by atoms with Crippen LogP contribution >= 0.6 is 0 Å². The molecule has 0 saturated carbocycles. The Hall–Kier alpha value is -0.574. The molecule has 1 aliphatic heterocycles. The zero-order chi connectivity index (χ0) is 21.1. The minimum atomic E-state index is -2.00.